The zero-order valence-corrected chi connectivity index (χ0v) is 35.1. The van der Waals surface area contributed by atoms with Crippen LogP contribution in [0.2, 0.25) is 18.6 Å². The summed E-state index contributed by atoms with van der Waals surface area (Å²) in [5.41, 5.74) is 2.02. The minimum Gasteiger partial charge on any atom is -0.497 e. The van der Waals surface area contributed by atoms with Gasteiger partial charge in [0.1, 0.15) is 5.75 Å². The van der Waals surface area contributed by atoms with Crippen molar-refractivity contribution >= 4 is 54.3 Å². The molecule has 1 N–H and O–H groups in total. The van der Waals surface area contributed by atoms with Crippen LogP contribution in [-0.4, -0.2) is 93.5 Å². The van der Waals surface area contributed by atoms with Gasteiger partial charge in [0, 0.05) is 43.6 Å². The second-order valence-corrected chi connectivity index (χ2v) is 21.1. The van der Waals surface area contributed by atoms with Crippen LogP contribution in [0.25, 0.3) is 0 Å². The summed E-state index contributed by atoms with van der Waals surface area (Å²) in [6, 6.07) is 20.9. The molecule has 1 unspecified atom stereocenters. The zero-order chi connectivity index (χ0) is 41.5. The molecule has 0 bridgehead atoms. The van der Waals surface area contributed by atoms with Crippen LogP contribution in [0.4, 0.5) is 11.4 Å². The maximum Gasteiger partial charge on any atom is 0.305 e. The fourth-order valence-corrected chi connectivity index (χ4v) is 13.8. The Bertz CT molecular complexity index is 2090. The van der Waals surface area contributed by atoms with Crippen LogP contribution in [0.15, 0.2) is 66.7 Å². The number of hydrogen-bond donors (Lipinski definition) is 1. The van der Waals surface area contributed by atoms with Gasteiger partial charge in [-0.15, -0.1) is 0 Å². The Morgan fingerprint density at radius 2 is 1.69 bits per heavy atom. The minimum atomic E-state index is -2.64. The van der Waals surface area contributed by atoms with Crippen molar-refractivity contribution in [3.8, 4) is 5.75 Å². The normalized spacial score (nSPS) is 25.0. The highest BCUT2D eigenvalue weighted by molar-refractivity contribution is 6.91. The Morgan fingerprint density at radius 3 is 2.34 bits per heavy atom. The Labute approximate surface area is 340 Å². The van der Waals surface area contributed by atoms with Crippen molar-refractivity contribution in [2.45, 2.75) is 102 Å². The van der Waals surface area contributed by atoms with E-state index >= 15 is 4.79 Å². The molecule has 3 aromatic carbocycles. The molecule has 308 valence electrons. The topological polar surface area (TPSA) is 152 Å². The molecule has 14 heteroatoms. The van der Waals surface area contributed by atoms with Crippen LogP contribution in [-0.2, 0) is 56.7 Å². The van der Waals surface area contributed by atoms with Gasteiger partial charge < -0.3 is 33.9 Å². The predicted molar refractivity (Wildman–Crippen MR) is 218 cm³/mol. The quantitative estimate of drug-likeness (QED) is 0.113. The monoisotopic (exact) mass is 811 g/mol. The summed E-state index contributed by atoms with van der Waals surface area (Å²) >= 11 is 0. The molecule has 4 aliphatic heterocycles. The first-order valence-corrected chi connectivity index (χ1v) is 23.1. The molecule has 3 amide bonds. The summed E-state index contributed by atoms with van der Waals surface area (Å²) in [5, 5.41) is 11.6. The molecule has 0 radical (unpaired) electrons. The number of fused-ring (bicyclic) bond motifs is 3. The number of aliphatic hydroxyl groups excluding tert-OH is 1. The number of carbonyl (C=O) groups is 5. The van der Waals surface area contributed by atoms with Gasteiger partial charge in [-0.3, -0.25) is 28.9 Å². The molecule has 4 heterocycles. The number of hydrogen-bond acceptors (Lipinski definition) is 10. The Balaban J connectivity index is 1.31. The number of methoxy groups -OCH3 is 2. The molecule has 7 rings (SSSR count). The van der Waals surface area contributed by atoms with E-state index in [-0.39, 0.29) is 55.1 Å². The maximum atomic E-state index is 15.3. The maximum absolute atomic E-state index is 15.3. The second kappa shape index (κ2) is 16.3. The molecule has 0 saturated carbocycles. The number of aliphatic hydroxyl groups is 1. The van der Waals surface area contributed by atoms with E-state index in [1.165, 1.54) is 18.9 Å². The third-order valence-electron chi connectivity index (χ3n) is 12.8. The average molecular weight is 812 g/mol. The molecule has 2 saturated heterocycles. The van der Waals surface area contributed by atoms with Crippen LogP contribution in [0.3, 0.4) is 0 Å². The molecule has 6 atom stereocenters. The number of anilines is 2. The summed E-state index contributed by atoms with van der Waals surface area (Å²) in [6.45, 7) is 8.29. The molecular formula is C44H53N3O10Si. The number of esters is 2. The third kappa shape index (κ3) is 7.19. The minimum absolute atomic E-state index is 0.0113. The van der Waals surface area contributed by atoms with E-state index in [0.29, 0.717) is 49.3 Å². The number of carbonyl (C=O) groups excluding carboxylic acids is 5. The first-order valence-electron chi connectivity index (χ1n) is 20.1. The van der Waals surface area contributed by atoms with Gasteiger partial charge in [0.25, 0.3) is 5.91 Å². The van der Waals surface area contributed by atoms with Gasteiger partial charge in [-0.1, -0.05) is 61.6 Å². The summed E-state index contributed by atoms with van der Waals surface area (Å²) in [7, 11) is 0.329. The number of benzene rings is 3. The van der Waals surface area contributed by atoms with Gasteiger partial charge in [0.2, 0.25) is 11.8 Å². The van der Waals surface area contributed by atoms with E-state index < -0.39 is 43.9 Å². The van der Waals surface area contributed by atoms with E-state index in [1.807, 2.05) is 43.3 Å². The lowest BCUT2D eigenvalue weighted by Crippen LogP contribution is -2.55. The smallest absolute Gasteiger partial charge is 0.305 e. The molecule has 0 aliphatic carbocycles. The lowest BCUT2D eigenvalue weighted by Gasteiger charge is -2.39. The first kappa shape index (κ1) is 41.1. The van der Waals surface area contributed by atoms with E-state index in [1.54, 1.807) is 35.1 Å². The molecule has 13 nitrogen and oxygen atoms in total. The molecule has 1 spiro atoms. The van der Waals surface area contributed by atoms with Crippen LogP contribution in [0, 0.1) is 5.92 Å². The van der Waals surface area contributed by atoms with Gasteiger partial charge in [-0.25, -0.2) is 0 Å². The van der Waals surface area contributed by atoms with Crippen molar-refractivity contribution in [3.63, 3.8) is 0 Å². The van der Waals surface area contributed by atoms with Gasteiger partial charge in [-0.2, -0.15) is 0 Å². The van der Waals surface area contributed by atoms with Gasteiger partial charge >= 0.3 is 11.9 Å². The van der Waals surface area contributed by atoms with E-state index in [0.717, 1.165) is 22.1 Å². The van der Waals surface area contributed by atoms with E-state index in [4.69, 9.17) is 18.9 Å². The Hall–Kier alpha value is -5.05. The number of nitrogens with zero attached hydrogens (tertiary/aromatic N) is 3. The van der Waals surface area contributed by atoms with Crippen molar-refractivity contribution in [2.24, 2.45) is 5.92 Å². The fourth-order valence-electron chi connectivity index (χ4n) is 9.83. The molecule has 58 heavy (non-hydrogen) atoms. The molecule has 3 aromatic rings. The lowest BCUT2D eigenvalue weighted by atomic mass is 9.82. The van der Waals surface area contributed by atoms with Crippen LogP contribution in [0.1, 0.15) is 62.6 Å². The fraction of sp³-hybridized carbons (Fsp3) is 0.477. The Kier molecular flexibility index (Phi) is 11.6. The number of amides is 3. The van der Waals surface area contributed by atoms with Crippen LogP contribution >= 0.6 is 0 Å². The first-order chi connectivity index (χ1) is 27.7. The zero-order valence-electron chi connectivity index (χ0n) is 34.1. The average Bonchev–Trinajstić information content (AvgIpc) is 3.63. The number of β-lactam (4-membered cyclic amide) rings is 1. The van der Waals surface area contributed by atoms with Gasteiger partial charge in [0.05, 0.1) is 59.6 Å². The van der Waals surface area contributed by atoms with E-state index in [9.17, 15) is 24.3 Å². The predicted octanol–water partition coefficient (Wildman–Crippen LogP) is 4.56. The highest BCUT2D eigenvalue weighted by Gasteiger charge is 2.66. The van der Waals surface area contributed by atoms with Crippen molar-refractivity contribution in [1.29, 1.82) is 0 Å². The molecule has 2 fully saturated rings. The lowest BCUT2D eigenvalue weighted by molar-refractivity contribution is -0.154. The summed E-state index contributed by atoms with van der Waals surface area (Å²) in [6.07, 6.45) is 0.322. The van der Waals surface area contributed by atoms with Crippen LogP contribution < -0.4 is 19.7 Å². The van der Waals surface area contributed by atoms with Crippen molar-refractivity contribution in [3.05, 3.63) is 83.4 Å². The van der Waals surface area contributed by atoms with Crippen molar-refractivity contribution in [2.75, 3.05) is 37.2 Å². The van der Waals surface area contributed by atoms with Crippen molar-refractivity contribution in [1.82, 2.24) is 4.90 Å². The summed E-state index contributed by atoms with van der Waals surface area (Å²) in [5.74, 6) is -1.22. The Morgan fingerprint density at radius 1 is 0.966 bits per heavy atom. The molecule has 4 aliphatic rings. The number of unbranched alkanes of at least 4 members (excludes halogenated alkanes) is 1. The molecular weight excluding hydrogens is 759 g/mol. The number of ether oxygens (including phenoxy) is 4. The second-order valence-electron chi connectivity index (χ2n) is 16.4. The van der Waals surface area contributed by atoms with Crippen molar-refractivity contribution < 1.29 is 48.0 Å². The third-order valence-corrected chi connectivity index (χ3v) is 17.2. The van der Waals surface area contributed by atoms with E-state index in [2.05, 4.69) is 25.2 Å². The number of rotatable bonds is 13. The van der Waals surface area contributed by atoms with Gasteiger partial charge in [-0.05, 0) is 66.3 Å². The highest BCUT2D eigenvalue weighted by Crippen LogP contribution is 2.60. The largest absolute Gasteiger partial charge is 0.497 e. The molecule has 0 aromatic heterocycles. The van der Waals surface area contributed by atoms with Crippen LogP contribution in [0.5, 0.6) is 5.75 Å². The summed E-state index contributed by atoms with van der Waals surface area (Å²) in [4.78, 5) is 71.8. The summed E-state index contributed by atoms with van der Waals surface area (Å²) < 4.78 is 23.1. The standard InChI is InChI=1S/C44H53N3O10Si/c1-27-42(58(5,6)34-17-15-33(54-3)16-18-34)37(23-38(50)46-25-30-12-8-7-11-29(30)21-32(46)26-48)57-44(27)35-22-31(47-39(51)24-40(47)56-28(2)49)14-19-36(35)45(43(44)53)20-10-9-13-41(52)55-4/h7-8,11-12,14-19,22,27,32,37,40,42,48H,9-10,13,20-21,23-26H2,1-6H3/t27-,32+,37+,40?,42-,44+/m1/s1. The van der Waals surface area contributed by atoms with Gasteiger partial charge in [0.15, 0.2) is 11.8 Å². The SMILES string of the molecule is COC(=O)CCCCN1C(=O)[C@@]2(O[C@@H](CC(=O)N3Cc4ccccc4C[C@H]3CO)[C@H]([Si](C)(C)c3ccc(OC)cc3)[C@H]2C)c2cc(N3C(=O)CC3OC(C)=O)ccc21. The highest BCUT2D eigenvalue weighted by atomic mass is 28.3.